The summed E-state index contributed by atoms with van der Waals surface area (Å²) < 4.78 is 31.6. The van der Waals surface area contributed by atoms with E-state index in [1.54, 1.807) is 0 Å². The summed E-state index contributed by atoms with van der Waals surface area (Å²) in [4.78, 5) is 0. The third-order valence-electron chi connectivity index (χ3n) is 0. The van der Waals surface area contributed by atoms with Gasteiger partial charge < -0.3 is 0 Å². The zero-order valence-electron chi connectivity index (χ0n) is 3.47. The molecule has 0 fully saturated rings. The maximum atomic E-state index is 8.74. The van der Waals surface area contributed by atoms with E-state index in [1.165, 1.54) is 0 Å². The van der Waals surface area contributed by atoms with E-state index in [9.17, 15) is 0 Å². The van der Waals surface area contributed by atoms with Crippen molar-refractivity contribution >= 4 is 10.4 Å². The maximum Gasteiger partial charge on any atom is 0.394 e. The number of hydrogen-bond donors (Lipinski definition) is 2. The van der Waals surface area contributed by atoms with Crippen molar-refractivity contribution in [1.82, 2.24) is 0 Å². The Bertz CT molecular complexity index is 104. The first kappa shape index (κ1) is 30.7. The van der Waals surface area contributed by atoms with Crippen molar-refractivity contribution in [3.63, 3.8) is 0 Å². The standard InChI is InChI=1S/Cu.Fe.Mn.Ni.H2O4S/c;;;;1-5(2,3)4/h;;;;(H2,1,2,3,4). The van der Waals surface area contributed by atoms with Crippen LogP contribution in [0.2, 0.25) is 0 Å². The van der Waals surface area contributed by atoms with Gasteiger partial charge in [-0.25, -0.2) is 0 Å². The fourth-order valence-electron chi connectivity index (χ4n) is 0. The van der Waals surface area contributed by atoms with Crippen LogP contribution in [-0.4, -0.2) is 17.5 Å². The Labute approximate surface area is 94.8 Å². The van der Waals surface area contributed by atoms with Crippen LogP contribution >= 0.6 is 0 Å². The molecule has 0 bridgehead atoms. The molecule has 0 aliphatic heterocycles. The first-order valence-corrected chi connectivity index (χ1v) is 2.10. The molecular formula is H2CuFeMnNiO4S. The second kappa shape index (κ2) is 12.6. The van der Waals surface area contributed by atoms with E-state index in [0.717, 1.165) is 0 Å². The first-order valence-electron chi connectivity index (χ1n) is 0.698. The van der Waals surface area contributed by atoms with Crippen molar-refractivity contribution in [1.29, 1.82) is 0 Å². The summed E-state index contributed by atoms with van der Waals surface area (Å²) in [6.07, 6.45) is 0. The fourth-order valence-corrected chi connectivity index (χ4v) is 0. The molecule has 0 saturated carbocycles. The van der Waals surface area contributed by atoms with E-state index in [1.807, 2.05) is 0 Å². The molecule has 0 heterocycles. The third kappa shape index (κ3) is 169. The minimum atomic E-state index is -4.67. The van der Waals surface area contributed by atoms with Gasteiger partial charge in [0.15, 0.2) is 0 Å². The van der Waals surface area contributed by atoms with Crippen molar-refractivity contribution < 1.29 is 85.2 Å². The molecule has 0 atom stereocenters. The quantitative estimate of drug-likeness (QED) is 0.456. The summed E-state index contributed by atoms with van der Waals surface area (Å²) in [5.74, 6) is 0. The minimum Gasteiger partial charge on any atom is -0.264 e. The van der Waals surface area contributed by atoms with Gasteiger partial charge in [-0.15, -0.1) is 0 Å². The van der Waals surface area contributed by atoms with Crippen LogP contribution in [0.1, 0.15) is 0 Å². The molecule has 2 radical (unpaired) electrons. The van der Waals surface area contributed by atoms with Gasteiger partial charge in [0, 0.05) is 67.7 Å². The molecule has 4 nitrogen and oxygen atoms in total. The van der Waals surface area contributed by atoms with Gasteiger partial charge >= 0.3 is 10.4 Å². The first-order chi connectivity index (χ1) is 2.00. The van der Waals surface area contributed by atoms with Gasteiger partial charge in [-0.3, -0.25) is 9.11 Å². The summed E-state index contributed by atoms with van der Waals surface area (Å²) >= 11 is 0. The molecule has 0 amide bonds. The average molecular weight is 331 g/mol. The van der Waals surface area contributed by atoms with Crippen molar-refractivity contribution in [3.8, 4) is 0 Å². The molecule has 0 saturated heterocycles. The third-order valence-corrected chi connectivity index (χ3v) is 0. The average Bonchev–Trinajstić information content (AvgIpc) is 0.722. The normalized spacial score (nSPS) is 6.44. The minimum absolute atomic E-state index is 0. The Morgan fingerprint density at radius 1 is 1.11 bits per heavy atom. The van der Waals surface area contributed by atoms with Crippen molar-refractivity contribution in [2.45, 2.75) is 0 Å². The van der Waals surface area contributed by atoms with Crippen LogP contribution in [0.3, 0.4) is 0 Å². The molecule has 0 aromatic rings. The maximum absolute atomic E-state index is 8.74. The summed E-state index contributed by atoms with van der Waals surface area (Å²) in [7, 11) is -4.67. The topological polar surface area (TPSA) is 74.6 Å². The van der Waals surface area contributed by atoms with Crippen molar-refractivity contribution in [3.05, 3.63) is 0 Å². The zero-order chi connectivity index (χ0) is 4.50. The van der Waals surface area contributed by atoms with E-state index in [-0.39, 0.29) is 67.7 Å². The molecule has 0 aromatic heterocycles. The monoisotopic (exact) mass is 330 g/mol. The zero-order valence-corrected chi connectivity index (χ0v) is 8.50. The van der Waals surface area contributed by atoms with E-state index in [2.05, 4.69) is 0 Å². The fraction of sp³-hybridized carbons (Fsp3) is 0. The van der Waals surface area contributed by atoms with E-state index < -0.39 is 10.4 Å². The van der Waals surface area contributed by atoms with Crippen LogP contribution in [0.25, 0.3) is 0 Å². The molecular weight excluding hydrogens is 329 g/mol. The predicted molar refractivity (Wildman–Crippen MR) is 14.2 cm³/mol. The van der Waals surface area contributed by atoms with E-state index in [4.69, 9.17) is 17.5 Å². The van der Waals surface area contributed by atoms with Crippen LogP contribution < -0.4 is 0 Å². The van der Waals surface area contributed by atoms with Crippen LogP contribution in [0, 0.1) is 0 Å². The predicted octanol–water partition coefficient (Wildman–Crippen LogP) is -0.663. The second-order valence-electron chi connectivity index (χ2n) is 0.448. The van der Waals surface area contributed by atoms with Crippen LogP contribution in [0.5, 0.6) is 0 Å². The molecule has 0 aliphatic carbocycles. The molecule has 68 valence electrons. The van der Waals surface area contributed by atoms with Crippen LogP contribution in [0.15, 0.2) is 0 Å². The number of hydrogen-bond acceptors (Lipinski definition) is 2. The van der Waals surface area contributed by atoms with Gasteiger partial charge in [-0.1, -0.05) is 0 Å². The molecule has 0 aliphatic rings. The summed E-state index contributed by atoms with van der Waals surface area (Å²) in [5, 5.41) is 0. The molecule has 0 rings (SSSR count). The van der Waals surface area contributed by atoms with Crippen LogP contribution in [0.4, 0.5) is 0 Å². The Balaban J connectivity index is -0.0000000133. The van der Waals surface area contributed by atoms with Crippen molar-refractivity contribution in [2.24, 2.45) is 0 Å². The summed E-state index contributed by atoms with van der Waals surface area (Å²) in [6, 6.07) is 0. The summed E-state index contributed by atoms with van der Waals surface area (Å²) in [5.41, 5.74) is 0. The van der Waals surface area contributed by atoms with Gasteiger partial charge in [0.25, 0.3) is 0 Å². The Morgan fingerprint density at radius 2 is 1.11 bits per heavy atom. The van der Waals surface area contributed by atoms with Gasteiger partial charge in [0.1, 0.15) is 0 Å². The van der Waals surface area contributed by atoms with E-state index >= 15 is 0 Å². The van der Waals surface area contributed by atoms with Crippen LogP contribution in [-0.2, 0) is 78.1 Å². The Morgan fingerprint density at radius 3 is 1.11 bits per heavy atom. The summed E-state index contributed by atoms with van der Waals surface area (Å²) in [6.45, 7) is 0. The SMILES string of the molecule is O=S(=O)(O)O.[Cu].[Fe].[Mn].[Ni]. The molecule has 2 N–H and O–H groups in total. The molecule has 0 unspecified atom stereocenters. The van der Waals surface area contributed by atoms with Gasteiger partial charge in [-0.2, -0.15) is 8.42 Å². The molecule has 9 heavy (non-hydrogen) atoms. The number of rotatable bonds is 0. The molecule has 9 heteroatoms. The smallest absolute Gasteiger partial charge is 0.264 e. The van der Waals surface area contributed by atoms with Crippen molar-refractivity contribution in [2.75, 3.05) is 0 Å². The van der Waals surface area contributed by atoms with Gasteiger partial charge in [-0.05, 0) is 0 Å². The molecule has 0 spiro atoms. The Hall–Kier alpha value is 1.92. The van der Waals surface area contributed by atoms with Gasteiger partial charge in [0.05, 0.1) is 0 Å². The second-order valence-corrected chi connectivity index (χ2v) is 1.34. The Kier molecular flexibility index (Phi) is 42.9. The largest absolute Gasteiger partial charge is 0.394 e. The van der Waals surface area contributed by atoms with E-state index in [0.29, 0.717) is 0 Å². The molecule has 0 aromatic carbocycles. The van der Waals surface area contributed by atoms with Gasteiger partial charge in [0.2, 0.25) is 0 Å².